The Labute approximate surface area is 80.2 Å². The summed E-state index contributed by atoms with van der Waals surface area (Å²) in [4.78, 5) is 11.4. The largest absolute Gasteiger partial charge is 0.376 e. The van der Waals surface area contributed by atoms with Crippen LogP contribution in [0.3, 0.4) is 0 Å². The Kier molecular flexibility index (Phi) is 1.95. The van der Waals surface area contributed by atoms with Gasteiger partial charge in [0, 0.05) is 13.5 Å². The van der Waals surface area contributed by atoms with E-state index in [-0.39, 0.29) is 23.4 Å². The van der Waals surface area contributed by atoms with Crippen LogP contribution in [-0.4, -0.2) is 45.3 Å². The number of hydrogen-bond donors (Lipinski definition) is 2. The number of ether oxygens (including phenoxy) is 1. The summed E-state index contributed by atoms with van der Waals surface area (Å²) in [5.74, 6) is -0.278. The number of nitrogens with zero attached hydrogens (tertiary/aromatic N) is 3. The Balaban J connectivity index is 1.92. The zero-order chi connectivity index (χ0) is 10.2. The first-order chi connectivity index (χ1) is 6.65. The first kappa shape index (κ1) is 9.07. The molecule has 1 saturated carbocycles. The molecular weight excluding hydrogens is 186 g/mol. The molecule has 1 amide bonds. The molecular formula is C7H11N5O2. The Morgan fingerprint density at radius 1 is 1.79 bits per heavy atom. The summed E-state index contributed by atoms with van der Waals surface area (Å²) in [5, 5.41) is 15.4. The van der Waals surface area contributed by atoms with E-state index in [4.69, 9.17) is 4.74 Å². The van der Waals surface area contributed by atoms with Crippen molar-refractivity contribution in [3.63, 3.8) is 0 Å². The minimum Gasteiger partial charge on any atom is -0.376 e. The maximum atomic E-state index is 11.4. The number of H-pyrrole nitrogens is 1. The van der Waals surface area contributed by atoms with E-state index in [9.17, 15) is 4.79 Å². The predicted molar refractivity (Wildman–Crippen MR) is 45.5 cm³/mol. The second-order valence-electron chi connectivity index (χ2n) is 3.48. The fourth-order valence-electron chi connectivity index (χ4n) is 1.26. The van der Waals surface area contributed by atoms with Gasteiger partial charge in [0.05, 0.1) is 11.6 Å². The first-order valence-electron chi connectivity index (χ1n) is 4.25. The zero-order valence-corrected chi connectivity index (χ0v) is 7.94. The van der Waals surface area contributed by atoms with Crippen molar-refractivity contribution in [1.82, 2.24) is 25.9 Å². The first-order valence-corrected chi connectivity index (χ1v) is 4.25. The molecule has 0 aromatic carbocycles. The lowest BCUT2D eigenvalue weighted by atomic mass is 10.4. The molecule has 1 fully saturated rings. The molecule has 2 N–H and O–H groups in total. The van der Waals surface area contributed by atoms with Gasteiger partial charge in [-0.25, -0.2) is 0 Å². The summed E-state index contributed by atoms with van der Waals surface area (Å²) in [6, 6.07) is 0.0403. The van der Waals surface area contributed by atoms with Crippen molar-refractivity contribution in [1.29, 1.82) is 0 Å². The van der Waals surface area contributed by atoms with Crippen LogP contribution in [0.4, 0.5) is 0 Å². The molecule has 14 heavy (non-hydrogen) atoms. The molecule has 1 aromatic heterocycles. The second kappa shape index (κ2) is 3.02. The molecule has 1 heterocycles. The van der Waals surface area contributed by atoms with Crippen molar-refractivity contribution in [3.8, 4) is 0 Å². The SMILES string of the molecule is CO[C@@]1(C)C[C@H]1NC(=O)c1nn[nH]n1. The molecule has 0 aliphatic heterocycles. The van der Waals surface area contributed by atoms with E-state index in [0.29, 0.717) is 0 Å². The van der Waals surface area contributed by atoms with Crippen molar-refractivity contribution in [2.75, 3.05) is 7.11 Å². The molecule has 0 spiro atoms. The van der Waals surface area contributed by atoms with E-state index in [1.165, 1.54) is 0 Å². The topological polar surface area (TPSA) is 92.8 Å². The zero-order valence-electron chi connectivity index (χ0n) is 7.94. The van der Waals surface area contributed by atoms with E-state index in [1.54, 1.807) is 7.11 Å². The van der Waals surface area contributed by atoms with Gasteiger partial charge in [-0.1, -0.05) is 0 Å². The minimum atomic E-state index is -0.329. The van der Waals surface area contributed by atoms with Crippen LogP contribution in [0.1, 0.15) is 24.0 Å². The maximum Gasteiger partial charge on any atom is 0.293 e. The molecule has 1 aliphatic rings. The maximum absolute atomic E-state index is 11.4. The number of hydrogen-bond acceptors (Lipinski definition) is 5. The average Bonchev–Trinajstić information content (AvgIpc) is 2.67. The van der Waals surface area contributed by atoms with Crippen LogP contribution in [0.5, 0.6) is 0 Å². The highest BCUT2D eigenvalue weighted by molar-refractivity contribution is 5.90. The number of rotatable bonds is 3. The predicted octanol–water partition coefficient (Wildman–Crippen LogP) is -0.893. The van der Waals surface area contributed by atoms with Gasteiger partial charge in [-0.2, -0.15) is 5.21 Å². The quantitative estimate of drug-likeness (QED) is 0.655. The molecule has 0 bridgehead atoms. The summed E-state index contributed by atoms with van der Waals surface area (Å²) in [5.41, 5.74) is -0.237. The van der Waals surface area contributed by atoms with Crippen molar-refractivity contribution < 1.29 is 9.53 Å². The van der Waals surface area contributed by atoms with E-state index in [2.05, 4.69) is 25.9 Å². The van der Waals surface area contributed by atoms with Gasteiger partial charge < -0.3 is 10.1 Å². The van der Waals surface area contributed by atoms with Gasteiger partial charge in [-0.05, 0) is 12.1 Å². The summed E-state index contributed by atoms with van der Waals surface area (Å²) in [6.45, 7) is 1.94. The van der Waals surface area contributed by atoms with Crippen LogP contribution >= 0.6 is 0 Å². The van der Waals surface area contributed by atoms with E-state index < -0.39 is 0 Å². The highest BCUT2D eigenvalue weighted by atomic mass is 16.5. The summed E-state index contributed by atoms with van der Waals surface area (Å²) >= 11 is 0. The lowest BCUT2D eigenvalue weighted by molar-refractivity contribution is 0.0782. The van der Waals surface area contributed by atoms with Crippen LogP contribution in [-0.2, 0) is 4.74 Å². The number of carbonyl (C=O) groups excluding carboxylic acids is 1. The molecule has 7 heteroatoms. The van der Waals surface area contributed by atoms with Crippen molar-refractivity contribution in [3.05, 3.63) is 5.82 Å². The summed E-state index contributed by atoms with van der Waals surface area (Å²) < 4.78 is 5.20. The Hall–Kier alpha value is -1.50. The molecule has 2 atom stereocenters. The fraction of sp³-hybridized carbons (Fsp3) is 0.714. The Morgan fingerprint density at radius 2 is 2.57 bits per heavy atom. The van der Waals surface area contributed by atoms with Gasteiger partial charge >= 0.3 is 0 Å². The van der Waals surface area contributed by atoms with E-state index >= 15 is 0 Å². The summed E-state index contributed by atoms with van der Waals surface area (Å²) in [7, 11) is 1.63. The molecule has 0 saturated heterocycles. The van der Waals surface area contributed by atoms with Crippen LogP contribution < -0.4 is 5.32 Å². The number of carbonyl (C=O) groups is 1. The van der Waals surface area contributed by atoms with Crippen molar-refractivity contribution >= 4 is 5.91 Å². The van der Waals surface area contributed by atoms with Gasteiger partial charge in [-0.3, -0.25) is 4.79 Å². The van der Waals surface area contributed by atoms with Gasteiger partial charge in [0.25, 0.3) is 11.7 Å². The van der Waals surface area contributed by atoms with Crippen molar-refractivity contribution in [2.45, 2.75) is 25.0 Å². The van der Waals surface area contributed by atoms with E-state index in [0.717, 1.165) is 6.42 Å². The van der Waals surface area contributed by atoms with Gasteiger partial charge in [0.2, 0.25) is 0 Å². The number of nitrogens with one attached hydrogen (secondary N) is 2. The molecule has 1 aliphatic carbocycles. The third-order valence-electron chi connectivity index (χ3n) is 2.51. The molecule has 1 aromatic rings. The second-order valence-corrected chi connectivity index (χ2v) is 3.48. The summed E-state index contributed by atoms with van der Waals surface area (Å²) in [6.07, 6.45) is 0.813. The third kappa shape index (κ3) is 1.46. The standard InChI is InChI=1S/C7H11N5O2/c1-7(14-2)3-4(7)8-6(13)5-9-11-12-10-5/h4H,3H2,1-2H3,(H,8,13)(H,9,10,11,12)/t4-,7+/m1/s1. The Bertz CT molecular complexity index is 338. The van der Waals surface area contributed by atoms with E-state index in [1.807, 2.05) is 6.92 Å². The minimum absolute atomic E-state index is 0.0403. The van der Waals surface area contributed by atoms with Crippen molar-refractivity contribution in [2.24, 2.45) is 0 Å². The van der Waals surface area contributed by atoms with Crippen LogP contribution in [0, 0.1) is 0 Å². The normalized spacial score (nSPS) is 30.0. The van der Waals surface area contributed by atoms with Crippen LogP contribution in [0.15, 0.2) is 0 Å². The lowest BCUT2D eigenvalue weighted by Crippen LogP contribution is -2.32. The number of tetrazole rings is 1. The van der Waals surface area contributed by atoms with Gasteiger partial charge in [0.15, 0.2) is 0 Å². The highest BCUT2D eigenvalue weighted by Gasteiger charge is 2.52. The molecule has 76 valence electrons. The van der Waals surface area contributed by atoms with Gasteiger partial charge in [-0.15, -0.1) is 10.2 Å². The number of amides is 1. The molecule has 2 rings (SSSR count). The Morgan fingerprint density at radius 3 is 3.07 bits per heavy atom. The number of aromatic amines is 1. The average molecular weight is 197 g/mol. The fourth-order valence-corrected chi connectivity index (χ4v) is 1.26. The lowest BCUT2D eigenvalue weighted by Gasteiger charge is -2.08. The van der Waals surface area contributed by atoms with Crippen LogP contribution in [0.25, 0.3) is 0 Å². The van der Waals surface area contributed by atoms with Crippen LogP contribution in [0.2, 0.25) is 0 Å². The number of methoxy groups -OCH3 is 1. The number of aromatic nitrogens is 4. The molecule has 7 nitrogen and oxygen atoms in total. The monoisotopic (exact) mass is 197 g/mol. The molecule has 0 radical (unpaired) electrons. The van der Waals surface area contributed by atoms with Gasteiger partial charge in [0.1, 0.15) is 0 Å². The molecule has 0 unspecified atom stereocenters. The smallest absolute Gasteiger partial charge is 0.293 e. The highest BCUT2D eigenvalue weighted by Crippen LogP contribution is 2.38. The third-order valence-corrected chi connectivity index (χ3v) is 2.51.